The highest BCUT2D eigenvalue weighted by atomic mass is 16.2. The first-order chi connectivity index (χ1) is 10.1. The highest BCUT2D eigenvalue weighted by Crippen LogP contribution is 2.29. The van der Waals surface area contributed by atoms with Gasteiger partial charge in [0.1, 0.15) is 5.78 Å². The second-order valence-corrected chi connectivity index (χ2v) is 6.18. The molecule has 1 aliphatic heterocycles. The topological polar surface area (TPSA) is 64.7 Å². The van der Waals surface area contributed by atoms with Crippen LogP contribution in [-0.4, -0.2) is 55.2 Å². The summed E-state index contributed by atoms with van der Waals surface area (Å²) in [7, 11) is 1.93. The number of carbonyl (C=O) groups excluding carboxylic acids is 2. The van der Waals surface area contributed by atoms with Crippen LogP contribution in [0.15, 0.2) is 0 Å². The molecule has 1 saturated carbocycles. The van der Waals surface area contributed by atoms with Crippen LogP contribution in [0.5, 0.6) is 0 Å². The quantitative estimate of drug-likeness (QED) is 0.749. The lowest BCUT2D eigenvalue weighted by molar-refractivity contribution is -0.130. The van der Waals surface area contributed by atoms with E-state index in [2.05, 4.69) is 20.7 Å². The van der Waals surface area contributed by atoms with Crippen molar-refractivity contribution in [1.82, 2.24) is 20.7 Å². The maximum Gasteiger partial charge on any atom is 0.224 e. The van der Waals surface area contributed by atoms with E-state index in [9.17, 15) is 9.59 Å². The Bertz CT molecular complexity index is 367. The van der Waals surface area contributed by atoms with Crippen LogP contribution in [0.4, 0.5) is 0 Å². The van der Waals surface area contributed by atoms with E-state index in [1.807, 2.05) is 7.05 Å². The molecule has 2 aliphatic rings. The third-order valence-corrected chi connectivity index (χ3v) is 4.68. The van der Waals surface area contributed by atoms with Gasteiger partial charge >= 0.3 is 0 Å². The molecule has 1 amide bonds. The molecule has 1 aliphatic carbocycles. The molecule has 0 atom stereocenters. The van der Waals surface area contributed by atoms with E-state index in [1.54, 1.807) is 6.92 Å². The SMILES string of the molecule is CNCN1CCCN1CNC(=O)C1CCC(C(C)=O)CC1. The molecule has 21 heavy (non-hydrogen) atoms. The van der Waals surface area contributed by atoms with Gasteiger partial charge in [-0.15, -0.1) is 0 Å². The highest BCUT2D eigenvalue weighted by molar-refractivity contribution is 5.80. The van der Waals surface area contributed by atoms with E-state index >= 15 is 0 Å². The first-order valence-corrected chi connectivity index (χ1v) is 8.04. The van der Waals surface area contributed by atoms with Crippen LogP contribution < -0.4 is 10.6 Å². The van der Waals surface area contributed by atoms with Gasteiger partial charge in [-0.2, -0.15) is 0 Å². The zero-order valence-corrected chi connectivity index (χ0v) is 13.2. The fourth-order valence-electron chi connectivity index (χ4n) is 3.33. The lowest BCUT2D eigenvalue weighted by Crippen LogP contribution is -2.48. The summed E-state index contributed by atoms with van der Waals surface area (Å²) in [5, 5.41) is 10.6. The van der Waals surface area contributed by atoms with E-state index < -0.39 is 0 Å². The molecule has 6 nitrogen and oxygen atoms in total. The van der Waals surface area contributed by atoms with Gasteiger partial charge in [0.05, 0.1) is 13.3 Å². The van der Waals surface area contributed by atoms with Crippen LogP contribution in [0.3, 0.4) is 0 Å². The summed E-state index contributed by atoms with van der Waals surface area (Å²) in [6, 6.07) is 0. The van der Waals surface area contributed by atoms with Gasteiger partial charge in [0.2, 0.25) is 5.91 Å². The molecule has 0 aromatic carbocycles. The fourth-order valence-corrected chi connectivity index (χ4v) is 3.33. The van der Waals surface area contributed by atoms with Crippen molar-refractivity contribution in [3.63, 3.8) is 0 Å². The maximum atomic E-state index is 12.2. The summed E-state index contributed by atoms with van der Waals surface area (Å²) in [5.74, 6) is 0.682. The summed E-state index contributed by atoms with van der Waals surface area (Å²) in [6.07, 6.45) is 4.56. The maximum absolute atomic E-state index is 12.2. The largest absolute Gasteiger partial charge is 0.342 e. The van der Waals surface area contributed by atoms with Crippen LogP contribution in [0.1, 0.15) is 39.0 Å². The summed E-state index contributed by atoms with van der Waals surface area (Å²) < 4.78 is 0. The van der Waals surface area contributed by atoms with Gasteiger partial charge in [-0.25, -0.2) is 10.0 Å². The van der Waals surface area contributed by atoms with Gasteiger partial charge < -0.3 is 10.6 Å². The highest BCUT2D eigenvalue weighted by Gasteiger charge is 2.29. The molecular formula is C15H28N4O2. The van der Waals surface area contributed by atoms with E-state index in [-0.39, 0.29) is 23.5 Å². The van der Waals surface area contributed by atoms with Crippen molar-refractivity contribution in [2.45, 2.75) is 39.0 Å². The van der Waals surface area contributed by atoms with Crippen molar-refractivity contribution in [2.75, 3.05) is 33.5 Å². The van der Waals surface area contributed by atoms with Crippen LogP contribution in [-0.2, 0) is 9.59 Å². The zero-order chi connectivity index (χ0) is 15.2. The third-order valence-electron chi connectivity index (χ3n) is 4.68. The number of hydrogen-bond donors (Lipinski definition) is 2. The summed E-state index contributed by atoms with van der Waals surface area (Å²) in [5.41, 5.74) is 0. The number of nitrogens with one attached hydrogen (secondary N) is 2. The molecule has 0 bridgehead atoms. The fraction of sp³-hybridized carbons (Fsp3) is 0.867. The Morgan fingerprint density at radius 1 is 1.00 bits per heavy atom. The van der Waals surface area contributed by atoms with Crippen molar-refractivity contribution in [3.05, 3.63) is 0 Å². The predicted molar refractivity (Wildman–Crippen MR) is 81.1 cm³/mol. The molecular weight excluding hydrogens is 268 g/mol. The van der Waals surface area contributed by atoms with Crippen molar-refractivity contribution < 1.29 is 9.59 Å². The lowest BCUT2D eigenvalue weighted by Gasteiger charge is -2.30. The number of hydrazine groups is 1. The minimum atomic E-state index is 0.0842. The molecule has 0 unspecified atom stereocenters. The Morgan fingerprint density at radius 2 is 1.57 bits per heavy atom. The lowest BCUT2D eigenvalue weighted by atomic mass is 9.80. The molecule has 0 aromatic heterocycles. The molecule has 2 fully saturated rings. The van der Waals surface area contributed by atoms with Gasteiger partial charge in [-0.05, 0) is 46.1 Å². The summed E-state index contributed by atoms with van der Waals surface area (Å²) in [4.78, 5) is 23.6. The molecule has 2 rings (SSSR count). The van der Waals surface area contributed by atoms with E-state index in [4.69, 9.17) is 0 Å². The first kappa shape index (κ1) is 16.4. The first-order valence-electron chi connectivity index (χ1n) is 8.04. The smallest absolute Gasteiger partial charge is 0.224 e. The van der Waals surface area contributed by atoms with Crippen LogP contribution >= 0.6 is 0 Å². The monoisotopic (exact) mass is 296 g/mol. The molecule has 2 N–H and O–H groups in total. The minimum Gasteiger partial charge on any atom is -0.342 e. The van der Waals surface area contributed by atoms with Crippen molar-refractivity contribution in [2.24, 2.45) is 11.8 Å². The third kappa shape index (κ3) is 4.49. The molecule has 0 aromatic rings. The van der Waals surface area contributed by atoms with E-state index in [0.717, 1.165) is 51.9 Å². The standard InChI is InChI=1S/C15H28N4O2/c1-12(20)13-4-6-14(7-5-13)15(21)17-11-19-9-3-8-18(19)10-16-2/h13-14,16H,3-11H2,1-2H3,(H,17,21). The number of Topliss-reactive ketones (excluding diaryl/α,β-unsaturated/α-hetero) is 1. The number of ketones is 1. The van der Waals surface area contributed by atoms with Gasteiger partial charge in [-0.1, -0.05) is 0 Å². The predicted octanol–water partition coefficient (Wildman–Crippen LogP) is 0.555. The van der Waals surface area contributed by atoms with Crippen LogP contribution in [0, 0.1) is 11.8 Å². The number of carbonyl (C=O) groups is 2. The minimum absolute atomic E-state index is 0.0842. The Kier molecular flexibility index (Phi) is 6.14. The molecule has 1 heterocycles. The molecule has 120 valence electrons. The second-order valence-electron chi connectivity index (χ2n) is 6.18. The van der Waals surface area contributed by atoms with Crippen LogP contribution in [0.2, 0.25) is 0 Å². The normalized spacial score (nSPS) is 27.7. The number of rotatable bonds is 6. The Hall–Kier alpha value is -0.980. The van der Waals surface area contributed by atoms with Gasteiger partial charge in [-0.3, -0.25) is 9.59 Å². The molecule has 1 saturated heterocycles. The average molecular weight is 296 g/mol. The molecule has 0 spiro atoms. The molecule has 0 radical (unpaired) electrons. The van der Waals surface area contributed by atoms with Crippen molar-refractivity contribution >= 4 is 11.7 Å². The van der Waals surface area contributed by atoms with Crippen molar-refractivity contribution in [3.8, 4) is 0 Å². The summed E-state index contributed by atoms with van der Waals surface area (Å²) >= 11 is 0. The van der Waals surface area contributed by atoms with Gasteiger partial charge in [0, 0.05) is 24.9 Å². The van der Waals surface area contributed by atoms with Crippen LogP contribution in [0.25, 0.3) is 0 Å². The van der Waals surface area contributed by atoms with Crippen molar-refractivity contribution in [1.29, 1.82) is 0 Å². The Balaban J connectivity index is 1.71. The number of nitrogens with zero attached hydrogens (tertiary/aromatic N) is 2. The average Bonchev–Trinajstić information content (AvgIpc) is 2.92. The number of hydrogen-bond acceptors (Lipinski definition) is 5. The Morgan fingerprint density at radius 3 is 2.14 bits per heavy atom. The van der Waals surface area contributed by atoms with Gasteiger partial charge in [0.25, 0.3) is 0 Å². The zero-order valence-electron chi connectivity index (χ0n) is 13.2. The van der Waals surface area contributed by atoms with Gasteiger partial charge in [0.15, 0.2) is 0 Å². The Labute approximate surface area is 127 Å². The number of amides is 1. The second kappa shape index (κ2) is 7.87. The van der Waals surface area contributed by atoms with E-state index in [1.165, 1.54) is 0 Å². The summed E-state index contributed by atoms with van der Waals surface area (Å²) in [6.45, 7) is 5.11. The molecule has 6 heteroatoms. The van der Waals surface area contributed by atoms with E-state index in [0.29, 0.717) is 6.67 Å².